The van der Waals surface area contributed by atoms with Crippen molar-refractivity contribution in [3.63, 3.8) is 0 Å². The molecule has 0 bridgehead atoms. The molecule has 0 fully saturated rings. The lowest BCUT2D eigenvalue weighted by atomic mass is 10.1. The van der Waals surface area contributed by atoms with E-state index in [1.54, 1.807) is 18.2 Å². The lowest BCUT2D eigenvalue weighted by Gasteiger charge is -1.95. The standard InChI is InChI=1S/C11H11N/c1-2-3-9-11(12)10-7-5-4-6-8-10/h2-9,12H,1H2/b9-3-,12-11?. The second-order valence-electron chi connectivity index (χ2n) is 2.37. The van der Waals surface area contributed by atoms with E-state index in [4.69, 9.17) is 5.41 Å². The lowest BCUT2D eigenvalue weighted by molar-refractivity contribution is 1.49. The highest BCUT2D eigenvalue weighted by atomic mass is 14.4. The first-order valence-electron chi connectivity index (χ1n) is 3.77. The maximum absolute atomic E-state index is 7.60. The van der Waals surface area contributed by atoms with E-state index in [0.717, 1.165) is 5.56 Å². The first kappa shape index (κ1) is 8.47. The van der Waals surface area contributed by atoms with Crippen LogP contribution in [0.1, 0.15) is 5.56 Å². The molecule has 0 spiro atoms. The van der Waals surface area contributed by atoms with Crippen LogP contribution < -0.4 is 0 Å². The highest BCUT2D eigenvalue weighted by Crippen LogP contribution is 2.00. The van der Waals surface area contributed by atoms with Crippen molar-refractivity contribution < 1.29 is 0 Å². The average molecular weight is 157 g/mol. The van der Waals surface area contributed by atoms with Crippen molar-refractivity contribution in [1.29, 1.82) is 5.41 Å². The second kappa shape index (κ2) is 4.29. The maximum Gasteiger partial charge on any atom is 0.0612 e. The number of allylic oxidation sites excluding steroid dienone is 3. The SMILES string of the molecule is C=C/C=C\C(=N)c1ccccc1. The Hall–Kier alpha value is -1.63. The van der Waals surface area contributed by atoms with Gasteiger partial charge in [0.2, 0.25) is 0 Å². The second-order valence-corrected chi connectivity index (χ2v) is 2.37. The van der Waals surface area contributed by atoms with Gasteiger partial charge in [-0.2, -0.15) is 0 Å². The topological polar surface area (TPSA) is 23.9 Å². The van der Waals surface area contributed by atoms with Crippen LogP contribution in [-0.2, 0) is 0 Å². The van der Waals surface area contributed by atoms with Gasteiger partial charge in [-0.05, 0) is 11.6 Å². The third-order valence-electron chi connectivity index (χ3n) is 1.48. The Balaban J connectivity index is 2.79. The summed E-state index contributed by atoms with van der Waals surface area (Å²) in [5.41, 5.74) is 1.44. The third kappa shape index (κ3) is 2.20. The van der Waals surface area contributed by atoms with Crippen LogP contribution in [0, 0.1) is 5.41 Å². The summed E-state index contributed by atoms with van der Waals surface area (Å²) >= 11 is 0. The van der Waals surface area contributed by atoms with Gasteiger partial charge >= 0.3 is 0 Å². The molecule has 0 aliphatic rings. The molecule has 1 heteroatoms. The summed E-state index contributed by atoms with van der Waals surface area (Å²) in [4.78, 5) is 0. The molecule has 0 saturated heterocycles. The normalized spacial score (nSPS) is 10.0. The van der Waals surface area contributed by atoms with Gasteiger partial charge in [-0.1, -0.05) is 49.1 Å². The molecule has 0 amide bonds. The van der Waals surface area contributed by atoms with E-state index in [9.17, 15) is 0 Å². The molecule has 0 atom stereocenters. The molecule has 60 valence electrons. The number of hydrogen-bond acceptors (Lipinski definition) is 1. The van der Waals surface area contributed by atoms with E-state index in [0.29, 0.717) is 5.71 Å². The molecule has 0 unspecified atom stereocenters. The molecule has 0 aromatic heterocycles. The Kier molecular flexibility index (Phi) is 3.03. The summed E-state index contributed by atoms with van der Waals surface area (Å²) in [6.45, 7) is 3.54. The van der Waals surface area contributed by atoms with Gasteiger partial charge in [-0.15, -0.1) is 0 Å². The number of hydrogen-bond donors (Lipinski definition) is 1. The lowest BCUT2D eigenvalue weighted by Crippen LogP contribution is -1.92. The van der Waals surface area contributed by atoms with Gasteiger partial charge in [-0.25, -0.2) is 0 Å². The van der Waals surface area contributed by atoms with Crippen LogP contribution in [0.2, 0.25) is 0 Å². The van der Waals surface area contributed by atoms with Gasteiger partial charge in [0.05, 0.1) is 5.71 Å². The van der Waals surface area contributed by atoms with Gasteiger partial charge in [0.25, 0.3) is 0 Å². The fourth-order valence-electron chi connectivity index (χ4n) is 0.878. The molecule has 1 N–H and O–H groups in total. The van der Waals surface area contributed by atoms with Crippen LogP contribution in [0.5, 0.6) is 0 Å². The quantitative estimate of drug-likeness (QED) is 0.515. The minimum Gasteiger partial charge on any atom is -0.300 e. The molecule has 0 saturated carbocycles. The van der Waals surface area contributed by atoms with Crippen LogP contribution in [0.25, 0.3) is 0 Å². The zero-order valence-electron chi connectivity index (χ0n) is 6.83. The molecule has 1 aromatic rings. The van der Waals surface area contributed by atoms with Crippen LogP contribution >= 0.6 is 0 Å². The van der Waals surface area contributed by atoms with Crippen molar-refractivity contribution >= 4 is 5.71 Å². The van der Waals surface area contributed by atoms with Gasteiger partial charge in [0.15, 0.2) is 0 Å². The predicted molar refractivity (Wildman–Crippen MR) is 52.6 cm³/mol. The zero-order chi connectivity index (χ0) is 8.81. The summed E-state index contributed by atoms with van der Waals surface area (Å²) < 4.78 is 0. The van der Waals surface area contributed by atoms with E-state index in [-0.39, 0.29) is 0 Å². The maximum atomic E-state index is 7.60. The monoisotopic (exact) mass is 157 g/mol. The van der Waals surface area contributed by atoms with E-state index < -0.39 is 0 Å². The van der Waals surface area contributed by atoms with Crippen LogP contribution in [0.4, 0.5) is 0 Å². The minimum atomic E-state index is 0.510. The summed E-state index contributed by atoms with van der Waals surface area (Å²) in [7, 11) is 0. The molecule has 0 radical (unpaired) electrons. The zero-order valence-corrected chi connectivity index (χ0v) is 6.83. The largest absolute Gasteiger partial charge is 0.300 e. The number of benzene rings is 1. The molecule has 12 heavy (non-hydrogen) atoms. The van der Waals surface area contributed by atoms with Crippen molar-refractivity contribution in [1.82, 2.24) is 0 Å². The van der Waals surface area contributed by atoms with Crippen molar-refractivity contribution in [3.05, 3.63) is 60.7 Å². The van der Waals surface area contributed by atoms with Gasteiger partial charge in [0.1, 0.15) is 0 Å². The van der Waals surface area contributed by atoms with Crippen molar-refractivity contribution in [2.45, 2.75) is 0 Å². The first-order valence-corrected chi connectivity index (χ1v) is 3.77. The van der Waals surface area contributed by atoms with E-state index in [1.165, 1.54) is 0 Å². The summed E-state index contributed by atoms with van der Waals surface area (Å²) in [6.07, 6.45) is 5.15. The fraction of sp³-hybridized carbons (Fsp3) is 0. The summed E-state index contributed by atoms with van der Waals surface area (Å²) in [5.74, 6) is 0. The number of nitrogens with one attached hydrogen (secondary N) is 1. The van der Waals surface area contributed by atoms with Crippen molar-refractivity contribution in [2.75, 3.05) is 0 Å². The molecule has 0 aliphatic heterocycles. The molecular weight excluding hydrogens is 146 g/mol. The average Bonchev–Trinajstić information content (AvgIpc) is 2.15. The molecule has 0 aliphatic carbocycles. The van der Waals surface area contributed by atoms with E-state index in [1.807, 2.05) is 30.3 Å². The molecule has 1 rings (SSSR count). The Labute approximate surface area is 72.6 Å². The van der Waals surface area contributed by atoms with Gasteiger partial charge < -0.3 is 5.41 Å². The Morgan fingerprint density at radius 2 is 1.92 bits per heavy atom. The number of rotatable bonds is 3. The highest BCUT2D eigenvalue weighted by Gasteiger charge is 1.92. The minimum absolute atomic E-state index is 0.510. The predicted octanol–water partition coefficient (Wildman–Crippen LogP) is 2.80. The molecule has 1 aromatic carbocycles. The van der Waals surface area contributed by atoms with Crippen LogP contribution in [-0.4, -0.2) is 5.71 Å². The third-order valence-corrected chi connectivity index (χ3v) is 1.48. The highest BCUT2D eigenvalue weighted by molar-refractivity contribution is 6.06. The van der Waals surface area contributed by atoms with Crippen molar-refractivity contribution in [2.24, 2.45) is 0 Å². The van der Waals surface area contributed by atoms with Gasteiger partial charge in [0, 0.05) is 0 Å². The molecular formula is C11H11N. The molecule has 0 heterocycles. The Bertz CT molecular complexity index is 296. The van der Waals surface area contributed by atoms with E-state index in [2.05, 4.69) is 6.58 Å². The van der Waals surface area contributed by atoms with E-state index >= 15 is 0 Å². The smallest absolute Gasteiger partial charge is 0.0612 e. The summed E-state index contributed by atoms with van der Waals surface area (Å²) in [6, 6.07) is 9.61. The van der Waals surface area contributed by atoms with Gasteiger partial charge in [-0.3, -0.25) is 0 Å². The molecule has 1 nitrogen and oxygen atoms in total. The van der Waals surface area contributed by atoms with Crippen LogP contribution in [0.15, 0.2) is 55.1 Å². The van der Waals surface area contributed by atoms with Crippen molar-refractivity contribution in [3.8, 4) is 0 Å². The van der Waals surface area contributed by atoms with Crippen LogP contribution in [0.3, 0.4) is 0 Å². The Morgan fingerprint density at radius 3 is 2.50 bits per heavy atom. The fourth-order valence-corrected chi connectivity index (χ4v) is 0.878. The first-order chi connectivity index (χ1) is 5.84. The summed E-state index contributed by atoms with van der Waals surface area (Å²) in [5, 5.41) is 7.60. The Morgan fingerprint density at radius 1 is 1.25 bits per heavy atom.